The lowest BCUT2D eigenvalue weighted by molar-refractivity contribution is -0.406. The molecule has 2 rings (SSSR count). The van der Waals surface area contributed by atoms with Crippen molar-refractivity contribution < 1.29 is 57.5 Å². The molecular weight excluding hydrogens is 520 g/mol. The van der Waals surface area contributed by atoms with Crippen molar-refractivity contribution in [1.82, 2.24) is 0 Å². The highest BCUT2D eigenvalue weighted by atomic mass is 32.1. The third kappa shape index (κ3) is 3.99. The van der Waals surface area contributed by atoms with E-state index in [2.05, 4.69) is 0 Å². The van der Waals surface area contributed by atoms with E-state index in [1.807, 2.05) is 6.92 Å². The van der Waals surface area contributed by atoms with Gasteiger partial charge in [0.25, 0.3) is 0 Å². The lowest BCUT2D eigenvalue weighted by atomic mass is 9.86. The van der Waals surface area contributed by atoms with E-state index in [0.29, 0.717) is 35.5 Å². The molecule has 1 N–H and O–H groups in total. The Balaban J connectivity index is 2.44. The topological polar surface area (TPSA) is 52.9 Å². The van der Waals surface area contributed by atoms with Gasteiger partial charge in [-0.1, -0.05) is 13.3 Å². The van der Waals surface area contributed by atoms with Gasteiger partial charge in [0, 0.05) is 4.88 Å². The first kappa shape index (κ1) is 28.1. The second-order valence-corrected chi connectivity index (χ2v) is 8.62. The minimum atomic E-state index is -7.80. The maximum atomic E-state index is 14.0. The van der Waals surface area contributed by atoms with E-state index in [-0.39, 0.29) is 17.9 Å². The summed E-state index contributed by atoms with van der Waals surface area (Å²) in [6, 6.07) is 1.53. The zero-order valence-electron chi connectivity index (χ0n) is 16.8. The summed E-state index contributed by atoms with van der Waals surface area (Å²) in [5.74, 6) is -40.2. The van der Waals surface area contributed by atoms with Crippen LogP contribution in [0.5, 0.6) is 0 Å². The van der Waals surface area contributed by atoms with Gasteiger partial charge in [-0.15, -0.1) is 11.3 Å². The zero-order chi connectivity index (χ0) is 26.5. The van der Waals surface area contributed by atoms with E-state index < -0.39 is 52.5 Å². The second kappa shape index (κ2) is 8.80. The predicted octanol–water partition coefficient (Wildman–Crippen LogP) is 6.51. The standard InChI is InChI=1S/C18H14F12N2OS/c1-2-7-3-4-8-9(6-31)11(34-10(8)5-7)32-13(33)15(23,24)17(27,28)18(29,30)16(25,26)14(21,22)12(19)20/h7,12H,2-5H2,1H3,(H,32,33). The summed E-state index contributed by atoms with van der Waals surface area (Å²) in [6.45, 7) is 1.83. The first-order chi connectivity index (χ1) is 15.3. The van der Waals surface area contributed by atoms with Gasteiger partial charge in [0.1, 0.15) is 11.1 Å². The molecule has 0 spiro atoms. The van der Waals surface area contributed by atoms with E-state index in [0.717, 1.165) is 5.32 Å². The molecule has 0 aliphatic heterocycles. The van der Waals surface area contributed by atoms with Gasteiger partial charge in [0.2, 0.25) is 0 Å². The first-order valence-corrected chi connectivity index (χ1v) is 10.2. The van der Waals surface area contributed by atoms with Crippen LogP contribution in [-0.4, -0.2) is 41.9 Å². The Morgan fingerprint density at radius 1 is 1.06 bits per heavy atom. The molecule has 1 heterocycles. The molecule has 1 amide bonds. The number of alkyl halides is 12. The Kier molecular flexibility index (Phi) is 7.26. The molecule has 1 aliphatic carbocycles. The number of amides is 1. The Morgan fingerprint density at radius 3 is 2.09 bits per heavy atom. The molecule has 1 unspecified atom stereocenters. The van der Waals surface area contributed by atoms with Crippen molar-refractivity contribution in [3.63, 3.8) is 0 Å². The van der Waals surface area contributed by atoms with Crippen molar-refractivity contribution >= 4 is 22.2 Å². The van der Waals surface area contributed by atoms with Crippen LogP contribution in [-0.2, 0) is 17.6 Å². The van der Waals surface area contributed by atoms with Crippen LogP contribution in [0.3, 0.4) is 0 Å². The molecule has 0 bridgehead atoms. The maximum absolute atomic E-state index is 14.0. The number of fused-ring (bicyclic) bond motifs is 1. The number of thiophene rings is 1. The van der Waals surface area contributed by atoms with Crippen molar-refractivity contribution in [3.8, 4) is 6.07 Å². The predicted molar refractivity (Wildman–Crippen MR) is 94.2 cm³/mol. The monoisotopic (exact) mass is 534 g/mol. The molecule has 34 heavy (non-hydrogen) atoms. The van der Waals surface area contributed by atoms with Crippen LogP contribution >= 0.6 is 11.3 Å². The number of rotatable bonds is 8. The van der Waals surface area contributed by atoms with Crippen LogP contribution < -0.4 is 5.32 Å². The molecule has 0 saturated carbocycles. The van der Waals surface area contributed by atoms with E-state index >= 15 is 0 Å². The fourth-order valence-corrected chi connectivity index (χ4v) is 4.58. The molecule has 0 radical (unpaired) electrons. The number of nitrogens with zero attached hydrogens (tertiary/aromatic N) is 1. The fraction of sp³-hybridized carbons (Fsp3) is 0.667. The van der Waals surface area contributed by atoms with Crippen molar-refractivity contribution in [3.05, 3.63) is 16.0 Å². The molecule has 0 saturated heterocycles. The molecule has 3 nitrogen and oxygen atoms in total. The van der Waals surface area contributed by atoms with Crippen LogP contribution in [0.1, 0.15) is 35.8 Å². The molecular formula is C18H14F12N2OS. The summed E-state index contributed by atoms with van der Waals surface area (Å²) in [7, 11) is 0. The van der Waals surface area contributed by atoms with Crippen molar-refractivity contribution in [2.75, 3.05) is 5.32 Å². The average Bonchev–Trinajstić information content (AvgIpc) is 3.08. The summed E-state index contributed by atoms with van der Waals surface area (Å²) in [5, 5.41) is 9.57. The smallest absolute Gasteiger partial charge is 0.311 e. The minimum absolute atomic E-state index is 0.101. The minimum Gasteiger partial charge on any atom is -0.311 e. The SMILES string of the molecule is CCC1CCc2c(sc(NC(=O)C(F)(F)C(F)(F)C(F)(F)C(F)(F)C(F)(F)C(F)F)c2C#N)C1. The van der Waals surface area contributed by atoms with Gasteiger partial charge in [-0.3, -0.25) is 4.79 Å². The first-order valence-electron chi connectivity index (χ1n) is 9.34. The van der Waals surface area contributed by atoms with Gasteiger partial charge in [0.05, 0.1) is 5.56 Å². The second-order valence-electron chi connectivity index (χ2n) is 7.51. The highest BCUT2D eigenvalue weighted by molar-refractivity contribution is 7.16. The van der Waals surface area contributed by atoms with Gasteiger partial charge < -0.3 is 5.32 Å². The Hall–Kier alpha value is -2.18. The average molecular weight is 534 g/mol. The summed E-state index contributed by atoms with van der Waals surface area (Å²) in [6.07, 6.45) is -3.84. The van der Waals surface area contributed by atoms with Gasteiger partial charge in [-0.2, -0.15) is 49.2 Å². The number of anilines is 1. The summed E-state index contributed by atoms with van der Waals surface area (Å²) < 4.78 is 160. The van der Waals surface area contributed by atoms with Gasteiger partial charge in [-0.25, -0.2) is 8.78 Å². The van der Waals surface area contributed by atoms with Crippen molar-refractivity contribution in [2.24, 2.45) is 5.92 Å². The van der Waals surface area contributed by atoms with E-state index in [9.17, 15) is 62.7 Å². The lowest BCUT2D eigenvalue weighted by Gasteiger charge is -2.38. The highest BCUT2D eigenvalue weighted by Crippen LogP contribution is 2.58. The van der Waals surface area contributed by atoms with Crippen molar-refractivity contribution in [2.45, 2.75) is 68.6 Å². The number of hydrogen-bond donors (Lipinski definition) is 1. The van der Waals surface area contributed by atoms with Gasteiger partial charge >= 0.3 is 41.9 Å². The highest BCUT2D eigenvalue weighted by Gasteiger charge is 2.89. The molecule has 1 atom stereocenters. The summed E-state index contributed by atoms with van der Waals surface area (Å²) in [4.78, 5) is 12.2. The number of carbonyl (C=O) groups is 1. The normalized spacial score (nSPS) is 18.0. The molecule has 0 aromatic carbocycles. The molecule has 0 fully saturated rings. The van der Waals surface area contributed by atoms with Crippen LogP contribution in [0.15, 0.2) is 0 Å². The number of hydrogen-bond acceptors (Lipinski definition) is 3. The maximum Gasteiger partial charge on any atom is 0.393 e. The quantitative estimate of drug-likeness (QED) is 0.387. The largest absolute Gasteiger partial charge is 0.393 e. The number of carbonyl (C=O) groups excluding carboxylic acids is 1. The fourth-order valence-electron chi connectivity index (χ4n) is 3.27. The third-order valence-corrected chi connectivity index (χ3v) is 6.61. The molecule has 192 valence electrons. The molecule has 16 heteroatoms. The van der Waals surface area contributed by atoms with Crippen LogP contribution in [0, 0.1) is 17.2 Å². The van der Waals surface area contributed by atoms with Gasteiger partial charge in [0.15, 0.2) is 0 Å². The number of halogens is 12. The third-order valence-electron chi connectivity index (χ3n) is 5.44. The Morgan fingerprint density at radius 2 is 1.62 bits per heavy atom. The van der Waals surface area contributed by atoms with Gasteiger partial charge in [-0.05, 0) is 30.7 Å². The van der Waals surface area contributed by atoms with Crippen LogP contribution in [0.4, 0.5) is 57.7 Å². The Bertz CT molecular complexity index is 982. The number of nitriles is 1. The summed E-state index contributed by atoms with van der Waals surface area (Å²) >= 11 is 0.494. The van der Waals surface area contributed by atoms with E-state index in [1.54, 1.807) is 0 Å². The number of nitrogens with one attached hydrogen (secondary N) is 1. The van der Waals surface area contributed by atoms with E-state index in [1.165, 1.54) is 6.07 Å². The molecule has 1 aromatic heterocycles. The molecule has 1 aliphatic rings. The van der Waals surface area contributed by atoms with Crippen molar-refractivity contribution in [1.29, 1.82) is 5.26 Å². The summed E-state index contributed by atoms with van der Waals surface area (Å²) in [5.41, 5.74) is -0.153. The van der Waals surface area contributed by atoms with Crippen LogP contribution in [0.2, 0.25) is 0 Å². The molecule has 1 aromatic rings. The van der Waals surface area contributed by atoms with E-state index in [4.69, 9.17) is 0 Å². The zero-order valence-corrected chi connectivity index (χ0v) is 17.6. The Labute approximate surface area is 187 Å². The lowest BCUT2D eigenvalue weighted by Crippen LogP contribution is -2.70. The van der Waals surface area contributed by atoms with Crippen LogP contribution in [0.25, 0.3) is 0 Å².